The third-order valence-electron chi connectivity index (χ3n) is 5.29. The second-order valence-corrected chi connectivity index (χ2v) is 8.55. The van der Waals surface area contributed by atoms with Crippen molar-refractivity contribution in [2.75, 3.05) is 12.4 Å². The van der Waals surface area contributed by atoms with Gasteiger partial charge in [-0.2, -0.15) is 0 Å². The summed E-state index contributed by atoms with van der Waals surface area (Å²) in [5.41, 5.74) is 5.41. The van der Waals surface area contributed by atoms with E-state index in [1.54, 1.807) is 12.1 Å². The average molecular weight is 453 g/mol. The van der Waals surface area contributed by atoms with Crippen LogP contribution in [0.15, 0.2) is 107 Å². The van der Waals surface area contributed by atoms with Crippen molar-refractivity contribution in [3.05, 3.63) is 114 Å². The zero-order valence-electron chi connectivity index (χ0n) is 18.2. The van der Waals surface area contributed by atoms with Crippen LogP contribution in [0.1, 0.15) is 26.3 Å². The fraction of sp³-hybridized carbons (Fsp3) is 0.0714. The van der Waals surface area contributed by atoms with Crippen LogP contribution >= 0.6 is 11.8 Å². The van der Waals surface area contributed by atoms with Gasteiger partial charge in [0.25, 0.3) is 5.91 Å². The number of carbonyl (C=O) groups is 2. The molecule has 0 unspecified atom stereocenters. The molecule has 0 bridgehead atoms. The highest BCUT2D eigenvalue weighted by molar-refractivity contribution is 7.99. The number of hydrogen-bond donors (Lipinski definition) is 2. The predicted octanol–water partition coefficient (Wildman–Crippen LogP) is 6.29. The van der Waals surface area contributed by atoms with Gasteiger partial charge in [0.05, 0.1) is 0 Å². The molecule has 4 rings (SSSR count). The summed E-state index contributed by atoms with van der Waals surface area (Å²) in [4.78, 5) is 25.9. The number of nitrogens with one attached hydrogen (secondary N) is 2. The van der Waals surface area contributed by atoms with Gasteiger partial charge in [0.15, 0.2) is 6.29 Å². The maximum atomic E-state index is 12.8. The summed E-state index contributed by atoms with van der Waals surface area (Å²) < 4.78 is 0. The topological polar surface area (TPSA) is 58.2 Å². The highest BCUT2D eigenvalue weighted by atomic mass is 32.2. The molecule has 4 aromatic rings. The van der Waals surface area contributed by atoms with Gasteiger partial charge in [-0.05, 0) is 41.0 Å². The van der Waals surface area contributed by atoms with Crippen molar-refractivity contribution in [1.29, 1.82) is 0 Å². The van der Waals surface area contributed by atoms with Gasteiger partial charge >= 0.3 is 0 Å². The van der Waals surface area contributed by atoms with Crippen LogP contribution in [0.3, 0.4) is 0 Å². The molecule has 164 valence electrons. The Balaban J connectivity index is 1.42. The SMILES string of the molecule is CNc1cc(C(=O)NCc2ccc(-c3ccccc3)cc2)ccc1Sc1ccccc1C=O. The van der Waals surface area contributed by atoms with E-state index in [0.717, 1.165) is 32.9 Å². The van der Waals surface area contributed by atoms with E-state index in [4.69, 9.17) is 0 Å². The molecule has 0 aromatic heterocycles. The fourth-order valence-electron chi connectivity index (χ4n) is 3.47. The Kier molecular flexibility index (Phi) is 7.22. The Morgan fingerprint density at radius 1 is 0.818 bits per heavy atom. The highest BCUT2D eigenvalue weighted by Crippen LogP contribution is 2.35. The Morgan fingerprint density at radius 2 is 1.52 bits per heavy atom. The molecule has 0 radical (unpaired) electrons. The summed E-state index contributed by atoms with van der Waals surface area (Å²) in [6.07, 6.45) is 0.857. The van der Waals surface area contributed by atoms with E-state index in [1.807, 2.05) is 67.7 Å². The van der Waals surface area contributed by atoms with E-state index in [0.29, 0.717) is 17.7 Å². The Bertz CT molecular complexity index is 1250. The van der Waals surface area contributed by atoms with Crippen LogP contribution in [0.25, 0.3) is 11.1 Å². The van der Waals surface area contributed by atoms with Gasteiger partial charge in [0.1, 0.15) is 0 Å². The Morgan fingerprint density at radius 3 is 2.24 bits per heavy atom. The minimum Gasteiger partial charge on any atom is -0.387 e. The number of aldehydes is 1. The van der Waals surface area contributed by atoms with Gasteiger partial charge in [-0.15, -0.1) is 0 Å². The van der Waals surface area contributed by atoms with Gasteiger partial charge in [-0.3, -0.25) is 9.59 Å². The van der Waals surface area contributed by atoms with Crippen molar-refractivity contribution in [2.45, 2.75) is 16.3 Å². The zero-order valence-corrected chi connectivity index (χ0v) is 19.1. The first-order valence-corrected chi connectivity index (χ1v) is 11.5. The van der Waals surface area contributed by atoms with Crippen LogP contribution in [-0.4, -0.2) is 19.2 Å². The van der Waals surface area contributed by atoms with Crippen molar-refractivity contribution < 1.29 is 9.59 Å². The van der Waals surface area contributed by atoms with Gasteiger partial charge in [0, 0.05) is 40.2 Å². The first-order valence-electron chi connectivity index (χ1n) is 10.6. The van der Waals surface area contributed by atoms with E-state index >= 15 is 0 Å². The molecule has 4 aromatic carbocycles. The van der Waals surface area contributed by atoms with Crippen LogP contribution in [0.2, 0.25) is 0 Å². The van der Waals surface area contributed by atoms with Crippen molar-refractivity contribution in [1.82, 2.24) is 5.32 Å². The minimum atomic E-state index is -0.136. The van der Waals surface area contributed by atoms with E-state index in [-0.39, 0.29) is 5.91 Å². The van der Waals surface area contributed by atoms with Gasteiger partial charge in [0.2, 0.25) is 0 Å². The van der Waals surface area contributed by atoms with Crippen LogP contribution in [0.5, 0.6) is 0 Å². The second-order valence-electron chi connectivity index (χ2n) is 7.46. The number of amides is 1. The molecule has 0 aliphatic rings. The molecule has 0 saturated carbocycles. The lowest BCUT2D eigenvalue weighted by Gasteiger charge is -2.12. The molecule has 0 spiro atoms. The molecule has 5 heteroatoms. The third-order valence-corrected chi connectivity index (χ3v) is 6.46. The smallest absolute Gasteiger partial charge is 0.251 e. The Hall–Kier alpha value is -3.83. The lowest BCUT2D eigenvalue weighted by atomic mass is 10.0. The minimum absolute atomic E-state index is 0.136. The fourth-order valence-corrected chi connectivity index (χ4v) is 4.50. The lowest BCUT2D eigenvalue weighted by molar-refractivity contribution is 0.0950. The average Bonchev–Trinajstić information content (AvgIpc) is 2.88. The third kappa shape index (κ3) is 5.51. The zero-order chi connectivity index (χ0) is 23.0. The van der Waals surface area contributed by atoms with Crippen molar-refractivity contribution in [3.8, 4) is 11.1 Å². The molecular formula is C28H24N2O2S. The number of anilines is 1. The standard InChI is InChI=1S/C28H24N2O2S/c1-29-25-17-23(15-16-27(25)33-26-10-6-5-9-24(26)19-31)28(32)30-18-20-11-13-22(14-12-20)21-7-3-2-4-8-21/h2-17,19,29H,18H2,1H3,(H,30,32). The molecule has 0 heterocycles. The van der Waals surface area contributed by atoms with Crippen LogP contribution < -0.4 is 10.6 Å². The van der Waals surface area contributed by atoms with Crippen LogP contribution in [-0.2, 0) is 6.54 Å². The summed E-state index contributed by atoms with van der Waals surface area (Å²) in [6, 6.07) is 31.4. The summed E-state index contributed by atoms with van der Waals surface area (Å²) in [5.74, 6) is -0.136. The molecule has 0 saturated heterocycles. The summed E-state index contributed by atoms with van der Waals surface area (Å²) in [6.45, 7) is 0.450. The highest BCUT2D eigenvalue weighted by Gasteiger charge is 2.12. The monoisotopic (exact) mass is 452 g/mol. The lowest BCUT2D eigenvalue weighted by Crippen LogP contribution is -2.22. The first-order chi connectivity index (χ1) is 16.2. The predicted molar refractivity (Wildman–Crippen MR) is 135 cm³/mol. The van der Waals surface area contributed by atoms with Crippen molar-refractivity contribution >= 4 is 29.6 Å². The number of benzene rings is 4. The van der Waals surface area contributed by atoms with Crippen molar-refractivity contribution in [2.24, 2.45) is 0 Å². The summed E-state index contributed by atoms with van der Waals surface area (Å²) in [5, 5.41) is 6.15. The number of carbonyl (C=O) groups excluding carboxylic acids is 2. The van der Waals surface area contributed by atoms with E-state index < -0.39 is 0 Å². The first kappa shape index (κ1) is 22.4. The molecule has 0 atom stereocenters. The van der Waals surface area contributed by atoms with Gasteiger partial charge in [-0.25, -0.2) is 0 Å². The quantitative estimate of drug-likeness (QED) is 0.309. The molecule has 4 nitrogen and oxygen atoms in total. The van der Waals surface area contributed by atoms with E-state index in [2.05, 4.69) is 34.9 Å². The molecule has 0 fully saturated rings. The Labute approximate surface area is 198 Å². The maximum Gasteiger partial charge on any atom is 0.251 e. The second kappa shape index (κ2) is 10.7. The molecule has 2 N–H and O–H groups in total. The number of rotatable bonds is 8. The maximum absolute atomic E-state index is 12.8. The van der Waals surface area contributed by atoms with E-state index in [9.17, 15) is 9.59 Å². The largest absolute Gasteiger partial charge is 0.387 e. The van der Waals surface area contributed by atoms with E-state index in [1.165, 1.54) is 17.3 Å². The normalized spacial score (nSPS) is 10.5. The van der Waals surface area contributed by atoms with Crippen LogP contribution in [0.4, 0.5) is 5.69 Å². The van der Waals surface area contributed by atoms with Crippen molar-refractivity contribution in [3.63, 3.8) is 0 Å². The molecule has 0 aliphatic heterocycles. The summed E-state index contributed by atoms with van der Waals surface area (Å²) in [7, 11) is 1.82. The molecule has 1 amide bonds. The van der Waals surface area contributed by atoms with Crippen LogP contribution in [0, 0.1) is 0 Å². The van der Waals surface area contributed by atoms with Gasteiger partial charge < -0.3 is 10.6 Å². The molecule has 0 aliphatic carbocycles. The number of hydrogen-bond acceptors (Lipinski definition) is 4. The van der Waals surface area contributed by atoms with Gasteiger partial charge in [-0.1, -0.05) is 84.6 Å². The molecular weight excluding hydrogens is 428 g/mol. The summed E-state index contributed by atoms with van der Waals surface area (Å²) >= 11 is 1.49. The molecule has 33 heavy (non-hydrogen) atoms.